The predicted octanol–water partition coefficient (Wildman–Crippen LogP) is 1.13. The zero-order valence-corrected chi connectivity index (χ0v) is 12.2. The molecule has 22 heavy (non-hydrogen) atoms. The van der Waals surface area contributed by atoms with Crippen molar-refractivity contribution in [1.82, 2.24) is 20.1 Å². The van der Waals surface area contributed by atoms with E-state index in [9.17, 15) is 4.79 Å². The number of hydrogen-bond acceptors (Lipinski definition) is 4. The van der Waals surface area contributed by atoms with Crippen LogP contribution >= 0.6 is 0 Å². The lowest BCUT2D eigenvalue weighted by Gasteiger charge is -2.19. The topological polar surface area (TPSA) is 95.7 Å². The molecule has 114 valence electrons. The molecule has 0 unspecified atom stereocenters. The Labute approximate surface area is 127 Å². The summed E-state index contributed by atoms with van der Waals surface area (Å²) in [5.41, 5.74) is 1.86. The first-order valence-electron chi connectivity index (χ1n) is 7.15. The molecule has 0 spiro atoms. The van der Waals surface area contributed by atoms with E-state index < -0.39 is 0 Å². The molecule has 1 fully saturated rings. The third-order valence-electron chi connectivity index (χ3n) is 3.95. The van der Waals surface area contributed by atoms with Gasteiger partial charge in [0.15, 0.2) is 0 Å². The maximum Gasteiger partial charge on any atom is 0.267 e. The van der Waals surface area contributed by atoms with E-state index in [1.54, 1.807) is 16.9 Å². The van der Waals surface area contributed by atoms with E-state index in [-0.39, 0.29) is 17.9 Å². The first kappa shape index (κ1) is 14.4. The van der Waals surface area contributed by atoms with Gasteiger partial charge in [-0.2, -0.15) is 10.4 Å². The van der Waals surface area contributed by atoms with Gasteiger partial charge >= 0.3 is 0 Å². The number of nitriles is 1. The largest absolute Gasteiger partial charge is 0.372 e. The van der Waals surface area contributed by atoms with Crippen LogP contribution in [0.25, 0.3) is 0 Å². The Morgan fingerprint density at radius 3 is 3.23 bits per heavy atom. The van der Waals surface area contributed by atoms with Gasteiger partial charge in [0.25, 0.3) is 5.91 Å². The van der Waals surface area contributed by atoms with E-state index >= 15 is 0 Å². The van der Waals surface area contributed by atoms with Crippen molar-refractivity contribution in [1.29, 1.82) is 5.26 Å². The van der Waals surface area contributed by atoms with Crippen LogP contribution < -0.4 is 5.32 Å². The standard InChI is InChI=1S/C15H17N5O2/c1-20-13(2-4-19-20)14-11(3-5-22-14)9-18-15(21)12-6-10(7-16)8-17-12/h2,4,6,8,11,14,17H,3,5,9H2,1H3,(H,18,21)/t11-,14+/m0/s1. The number of carbonyl (C=O) groups is 1. The second-order valence-corrected chi connectivity index (χ2v) is 5.34. The van der Waals surface area contributed by atoms with Crippen LogP contribution in [0.1, 0.15) is 34.3 Å². The Hall–Kier alpha value is -2.59. The van der Waals surface area contributed by atoms with Crippen LogP contribution in [0.5, 0.6) is 0 Å². The summed E-state index contributed by atoms with van der Waals surface area (Å²) in [6.07, 6.45) is 4.11. The summed E-state index contributed by atoms with van der Waals surface area (Å²) in [4.78, 5) is 14.9. The van der Waals surface area contributed by atoms with Crippen molar-refractivity contribution in [3.05, 3.63) is 41.5 Å². The van der Waals surface area contributed by atoms with E-state index in [0.29, 0.717) is 24.4 Å². The number of amides is 1. The second kappa shape index (κ2) is 6.03. The molecule has 1 saturated heterocycles. The van der Waals surface area contributed by atoms with Crippen LogP contribution in [-0.2, 0) is 11.8 Å². The Kier molecular flexibility index (Phi) is 3.94. The van der Waals surface area contributed by atoms with Crippen LogP contribution in [0.4, 0.5) is 0 Å². The van der Waals surface area contributed by atoms with Crippen molar-refractivity contribution >= 4 is 5.91 Å². The van der Waals surface area contributed by atoms with Crippen molar-refractivity contribution < 1.29 is 9.53 Å². The van der Waals surface area contributed by atoms with Gasteiger partial charge in [0, 0.05) is 38.5 Å². The summed E-state index contributed by atoms with van der Waals surface area (Å²) in [5, 5.41) is 15.8. The second-order valence-electron chi connectivity index (χ2n) is 5.34. The first-order valence-corrected chi connectivity index (χ1v) is 7.15. The number of hydrogen-bond donors (Lipinski definition) is 2. The molecule has 1 aliphatic heterocycles. The summed E-state index contributed by atoms with van der Waals surface area (Å²) < 4.78 is 7.59. The Morgan fingerprint density at radius 1 is 1.68 bits per heavy atom. The Morgan fingerprint density at radius 2 is 2.55 bits per heavy atom. The quantitative estimate of drug-likeness (QED) is 0.884. The number of aryl methyl sites for hydroxylation is 1. The van der Waals surface area contributed by atoms with Gasteiger partial charge in [0.05, 0.1) is 11.3 Å². The minimum atomic E-state index is -0.211. The molecule has 0 aromatic carbocycles. The van der Waals surface area contributed by atoms with Crippen LogP contribution in [0.3, 0.4) is 0 Å². The zero-order valence-electron chi connectivity index (χ0n) is 12.2. The van der Waals surface area contributed by atoms with Gasteiger partial charge in [-0.25, -0.2) is 0 Å². The molecule has 1 aliphatic rings. The lowest BCUT2D eigenvalue weighted by Crippen LogP contribution is -2.31. The molecular formula is C15H17N5O2. The van der Waals surface area contributed by atoms with Gasteiger partial charge < -0.3 is 15.0 Å². The summed E-state index contributed by atoms with van der Waals surface area (Å²) in [6.45, 7) is 1.20. The molecule has 0 aliphatic carbocycles. The first-order chi connectivity index (χ1) is 10.7. The molecule has 3 rings (SSSR count). The van der Waals surface area contributed by atoms with Crippen molar-refractivity contribution in [2.24, 2.45) is 13.0 Å². The number of ether oxygens (including phenoxy) is 1. The normalized spacial score (nSPS) is 20.7. The smallest absolute Gasteiger partial charge is 0.267 e. The average molecular weight is 299 g/mol. The Balaban J connectivity index is 1.62. The van der Waals surface area contributed by atoms with Gasteiger partial charge in [0.1, 0.15) is 17.9 Å². The average Bonchev–Trinajstić information content (AvgIpc) is 3.24. The molecule has 0 radical (unpaired) electrons. The molecule has 0 saturated carbocycles. The minimum absolute atomic E-state index is 0.0499. The van der Waals surface area contributed by atoms with Gasteiger partial charge in [-0.3, -0.25) is 9.48 Å². The maximum atomic E-state index is 12.1. The maximum absolute atomic E-state index is 12.1. The number of nitrogens with one attached hydrogen (secondary N) is 2. The van der Waals surface area contributed by atoms with E-state index in [1.807, 2.05) is 19.2 Å². The van der Waals surface area contributed by atoms with Gasteiger partial charge in [0.2, 0.25) is 0 Å². The molecule has 2 N–H and O–H groups in total. The number of aromatic amines is 1. The van der Waals surface area contributed by atoms with Crippen LogP contribution in [-0.4, -0.2) is 33.8 Å². The number of carbonyl (C=O) groups excluding carboxylic acids is 1. The highest BCUT2D eigenvalue weighted by molar-refractivity contribution is 5.92. The van der Waals surface area contributed by atoms with Gasteiger partial charge in [-0.05, 0) is 18.6 Å². The van der Waals surface area contributed by atoms with Crippen molar-refractivity contribution in [3.63, 3.8) is 0 Å². The molecule has 1 amide bonds. The molecule has 2 atom stereocenters. The molecule has 3 heterocycles. The molecule has 2 aromatic heterocycles. The number of rotatable bonds is 4. The number of aromatic nitrogens is 3. The lowest BCUT2D eigenvalue weighted by atomic mass is 9.99. The summed E-state index contributed by atoms with van der Waals surface area (Å²) in [7, 11) is 1.88. The molecule has 7 heteroatoms. The fourth-order valence-electron chi connectivity index (χ4n) is 2.74. The number of nitrogens with zero attached hydrogens (tertiary/aromatic N) is 3. The van der Waals surface area contributed by atoms with Crippen LogP contribution in [0.15, 0.2) is 24.5 Å². The van der Waals surface area contributed by atoms with Crippen molar-refractivity contribution in [2.75, 3.05) is 13.2 Å². The third kappa shape index (κ3) is 2.73. The monoisotopic (exact) mass is 299 g/mol. The highest BCUT2D eigenvalue weighted by atomic mass is 16.5. The summed E-state index contributed by atoms with van der Waals surface area (Å²) in [5.74, 6) is 0.00176. The SMILES string of the molecule is Cn1nccc1[C@@H]1OCC[C@H]1CNC(=O)c1cc(C#N)c[nH]1. The van der Waals surface area contributed by atoms with E-state index in [1.165, 1.54) is 6.20 Å². The van der Waals surface area contributed by atoms with Gasteiger partial charge in [-0.1, -0.05) is 0 Å². The molecule has 0 bridgehead atoms. The van der Waals surface area contributed by atoms with Gasteiger partial charge in [-0.15, -0.1) is 0 Å². The van der Waals surface area contributed by atoms with Crippen molar-refractivity contribution in [3.8, 4) is 6.07 Å². The van der Waals surface area contributed by atoms with E-state index in [0.717, 1.165) is 12.1 Å². The third-order valence-corrected chi connectivity index (χ3v) is 3.95. The fourth-order valence-corrected chi connectivity index (χ4v) is 2.74. The Bertz CT molecular complexity index is 712. The molecule has 7 nitrogen and oxygen atoms in total. The fraction of sp³-hybridized carbons (Fsp3) is 0.400. The van der Waals surface area contributed by atoms with E-state index in [2.05, 4.69) is 15.4 Å². The zero-order chi connectivity index (χ0) is 15.5. The van der Waals surface area contributed by atoms with E-state index in [4.69, 9.17) is 10.00 Å². The predicted molar refractivity (Wildman–Crippen MR) is 77.8 cm³/mol. The highest BCUT2D eigenvalue weighted by Gasteiger charge is 2.31. The highest BCUT2D eigenvalue weighted by Crippen LogP contribution is 2.33. The minimum Gasteiger partial charge on any atom is -0.372 e. The van der Waals surface area contributed by atoms with Crippen LogP contribution in [0, 0.1) is 17.2 Å². The van der Waals surface area contributed by atoms with Crippen molar-refractivity contribution in [2.45, 2.75) is 12.5 Å². The summed E-state index contributed by atoms with van der Waals surface area (Å²) >= 11 is 0. The molecular weight excluding hydrogens is 282 g/mol. The number of H-pyrrole nitrogens is 1. The lowest BCUT2D eigenvalue weighted by molar-refractivity contribution is 0.0799. The summed E-state index contributed by atoms with van der Waals surface area (Å²) in [6, 6.07) is 5.47. The van der Waals surface area contributed by atoms with Crippen LogP contribution in [0.2, 0.25) is 0 Å². The molecule has 2 aromatic rings.